The largest absolute Gasteiger partial charge is 0.0775 e. The average molecular weight is 466 g/mol. The molecule has 0 aromatic heterocycles. The van der Waals surface area contributed by atoms with Gasteiger partial charge in [0.25, 0.3) is 0 Å². The van der Waals surface area contributed by atoms with Crippen LogP contribution in [0.3, 0.4) is 0 Å². The second-order valence-corrected chi connectivity index (χ2v) is 14.9. The van der Waals surface area contributed by atoms with Crippen LogP contribution in [0.1, 0.15) is 55.2 Å². The van der Waals surface area contributed by atoms with Crippen LogP contribution in [0.15, 0.2) is 42.0 Å². The third-order valence-electron chi connectivity index (χ3n) is 6.68. The molecule has 0 unspecified atom stereocenters. The quantitative estimate of drug-likeness (QED) is 0.422. The Labute approximate surface area is 192 Å². The Morgan fingerprint density at radius 3 is 2.21 bits per heavy atom. The smallest absolute Gasteiger partial charge is 0.0656 e. The molecule has 1 saturated carbocycles. The van der Waals surface area contributed by atoms with Gasteiger partial charge < -0.3 is 0 Å². The number of hydrogen-bond donors (Lipinski definition) is 0. The van der Waals surface area contributed by atoms with E-state index in [9.17, 15) is 0 Å². The number of aryl methyl sites for hydroxylation is 1. The van der Waals surface area contributed by atoms with Gasteiger partial charge in [-0.1, -0.05) is 105 Å². The fourth-order valence-electron chi connectivity index (χ4n) is 4.95. The van der Waals surface area contributed by atoms with Crippen LogP contribution in [0.25, 0.3) is 17.2 Å². The molecule has 0 aliphatic heterocycles. The van der Waals surface area contributed by atoms with Crippen LogP contribution in [0.5, 0.6) is 0 Å². The van der Waals surface area contributed by atoms with Crippen molar-refractivity contribution in [1.29, 1.82) is 0 Å². The summed E-state index contributed by atoms with van der Waals surface area (Å²) in [5.41, 5.74) is 9.02. The maximum absolute atomic E-state index is 2.54. The standard InChI is InChI=1S/C26H34Si.Zr/c1-19-10-15-24(22-11-13-23(14-12-22)27(2,3)4)26-18-21(17-25(19)26)16-20-8-6-5-7-9-20;/h10-15,18,20H,5-9,16-17H2,1-4H3;. The normalized spacial score (nSPS) is 17.1. The summed E-state index contributed by atoms with van der Waals surface area (Å²) in [5, 5.41) is 1.54. The first-order valence-electron chi connectivity index (χ1n) is 10.8. The number of benzene rings is 2. The predicted molar refractivity (Wildman–Crippen MR) is 122 cm³/mol. The van der Waals surface area contributed by atoms with Crippen molar-refractivity contribution in [2.75, 3.05) is 0 Å². The maximum atomic E-state index is 2.54. The third-order valence-corrected chi connectivity index (χ3v) is 8.75. The van der Waals surface area contributed by atoms with Crippen molar-refractivity contribution in [3.8, 4) is 11.1 Å². The van der Waals surface area contributed by atoms with Crippen molar-refractivity contribution < 1.29 is 26.2 Å². The van der Waals surface area contributed by atoms with Crippen molar-refractivity contribution in [1.82, 2.24) is 0 Å². The molecule has 0 N–H and O–H groups in total. The molecule has 0 nitrogen and oxygen atoms in total. The Balaban J connectivity index is 0.00000225. The Bertz CT molecular complexity index is 849. The third kappa shape index (κ3) is 4.71. The van der Waals surface area contributed by atoms with E-state index in [0.29, 0.717) is 0 Å². The Kier molecular flexibility index (Phi) is 7.04. The summed E-state index contributed by atoms with van der Waals surface area (Å²) in [6.07, 6.45) is 12.3. The van der Waals surface area contributed by atoms with E-state index in [2.05, 4.69) is 69.0 Å². The van der Waals surface area contributed by atoms with E-state index in [-0.39, 0.29) is 26.2 Å². The molecule has 146 valence electrons. The summed E-state index contributed by atoms with van der Waals surface area (Å²) >= 11 is 0. The van der Waals surface area contributed by atoms with Crippen LogP contribution in [0, 0.1) is 12.8 Å². The summed E-state index contributed by atoms with van der Waals surface area (Å²) in [5.74, 6) is 0.930. The monoisotopic (exact) mass is 464 g/mol. The minimum Gasteiger partial charge on any atom is -0.0656 e. The second-order valence-electron chi connectivity index (χ2n) is 9.84. The zero-order valence-electron chi connectivity index (χ0n) is 18.1. The van der Waals surface area contributed by atoms with Gasteiger partial charge in [0.15, 0.2) is 0 Å². The van der Waals surface area contributed by atoms with Gasteiger partial charge in [-0.25, -0.2) is 0 Å². The summed E-state index contributed by atoms with van der Waals surface area (Å²) in [4.78, 5) is 0. The van der Waals surface area contributed by atoms with Gasteiger partial charge in [-0.2, -0.15) is 0 Å². The van der Waals surface area contributed by atoms with Gasteiger partial charge in [0.05, 0.1) is 8.07 Å². The molecule has 0 heterocycles. The molecule has 0 amide bonds. The summed E-state index contributed by atoms with van der Waals surface area (Å²) in [7, 11) is -1.23. The van der Waals surface area contributed by atoms with Crippen molar-refractivity contribution in [2.45, 2.75) is 71.5 Å². The van der Waals surface area contributed by atoms with Crippen LogP contribution in [-0.4, -0.2) is 8.07 Å². The SMILES string of the molecule is Cc1ccc(-c2ccc([Si](C)(C)C)cc2)c2c1CC(CC1CCCCC1)=C2.[Zr]. The minimum absolute atomic E-state index is 0. The molecule has 2 aliphatic carbocycles. The molecule has 28 heavy (non-hydrogen) atoms. The molecule has 1 fully saturated rings. The van der Waals surface area contributed by atoms with Crippen LogP contribution >= 0.6 is 0 Å². The maximum Gasteiger partial charge on any atom is 0.0775 e. The van der Waals surface area contributed by atoms with Crippen molar-refractivity contribution in [2.24, 2.45) is 5.92 Å². The van der Waals surface area contributed by atoms with E-state index in [1.165, 1.54) is 67.2 Å². The molecular weight excluding hydrogens is 432 g/mol. The second kappa shape index (κ2) is 8.97. The van der Waals surface area contributed by atoms with Gasteiger partial charge in [0, 0.05) is 26.2 Å². The average Bonchev–Trinajstić information content (AvgIpc) is 3.07. The first-order chi connectivity index (χ1) is 12.9. The number of allylic oxidation sites excluding steroid dienone is 1. The van der Waals surface area contributed by atoms with Crippen molar-refractivity contribution >= 4 is 19.3 Å². The Morgan fingerprint density at radius 2 is 1.57 bits per heavy atom. The fraction of sp³-hybridized carbons (Fsp3) is 0.462. The Hall–Kier alpha value is -0.720. The zero-order chi connectivity index (χ0) is 19.0. The van der Waals surface area contributed by atoms with Crippen LogP contribution < -0.4 is 5.19 Å². The van der Waals surface area contributed by atoms with E-state index in [1.54, 1.807) is 16.3 Å². The molecule has 0 atom stereocenters. The molecule has 2 heteroatoms. The van der Waals surface area contributed by atoms with Gasteiger partial charge in [-0.05, 0) is 53.5 Å². The van der Waals surface area contributed by atoms with E-state index < -0.39 is 8.07 Å². The van der Waals surface area contributed by atoms with Gasteiger partial charge in [0.2, 0.25) is 0 Å². The van der Waals surface area contributed by atoms with Crippen LogP contribution in [0.2, 0.25) is 19.6 Å². The Morgan fingerprint density at radius 1 is 0.893 bits per heavy atom. The van der Waals surface area contributed by atoms with Gasteiger partial charge in [0.1, 0.15) is 0 Å². The number of rotatable bonds is 4. The van der Waals surface area contributed by atoms with Crippen LogP contribution in [0.4, 0.5) is 0 Å². The van der Waals surface area contributed by atoms with Crippen LogP contribution in [-0.2, 0) is 32.6 Å². The minimum atomic E-state index is -1.23. The molecule has 0 radical (unpaired) electrons. The van der Waals surface area contributed by atoms with Gasteiger partial charge in [-0.15, -0.1) is 0 Å². The van der Waals surface area contributed by atoms with E-state index in [0.717, 1.165) is 5.92 Å². The summed E-state index contributed by atoms with van der Waals surface area (Å²) < 4.78 is 0. The van der Waals surface area contributed by atoms with Crippen molar-refractivity contribution in [3.05, 3.63) is 58.7 Å². The van der Waals surface area contributed by atoms with E-state index >= 15 is 0 Å². The molecule has 2 aromatic rings. The molecule has 2 aromatic carbocycles. The number of fused-ring (bicyclic) bond motifs is 1. The summed E-state index contributed by atoms with van der Waals surface area (Å²) in [6.45, 7) is 9.55. The number of hydrogen-bond acceptors (Lipinski definition) is 0. The van der Waals surface area contributed by atoms with E-state index in [1.807, 2.05) is 0 Å². The predicted octanol–water partition coefficient (Wildman–Crippen LogP) is 7.11. The first-order valence-corrected chi connectivity index (χ1v) is 14.3. The zero-order valence-corrected chi connectivity index (χ0v) is 21.5. The topological polar surface area (TPSA) is 0 Å². The molecule has 0 spiro atoms. The first kappa shape index (κ1) is 22.0. The van der Waals surface area contributed by atoms with Crippen molar-refractivity contribution in [3.63, 3.8) is 0 Å². The molecule has 2 aliphatic rings. The van der Waals surface area contributed by atoms with Gasteiger partial charge in [-0.3, -0.25) is 0 Å². The van der Waals surface area contributed by atoms with Gasteiger partial charge >= 0.3 is 0 Å². The fourth-order valence-corrected chi connectivity index (χ4v) is 6.12. The molecule has 0 bridgehead atoms. The van der Waals surface area contributed by atoms with E-state index in [4.69, 9.17) is 0 Å². The summed E-state index contributed by atoms with van der Waals surface area (Å²) in [6, 6.07) is 14.1. The molecule has 4 rings (SSSR count). The molecular formula is C26H34SiZr. The molecule has 0 saturated heterocycles.